The van der Waals surface area contributed by atoms with Crippen LogP contribution in [0.1, 0.15) is 32.1 Å². The van der Waals surface area contributed by atoms with Crippen LogP contribution in [0.25, 0.3) is 0 Å². The molecule has 0 amide bonds. The number of nitrogens with one attached hydrogen (secondary N) is 1. The molecule has 0 bridgehead atoms. The lowest BCUT2D eigenvalue weighted by atomic mass is 10.0. The summed E-state index contributed by atoms with van der Waals surface area (Å²) in [6, 6.07) is 0. The molecule has 1 atom stereocenters. The molecule has 3 heteroatoms. The maximum absolute atomic E-state index is 5.68. The van der Waals surface area contributed by atoms with Crippen molar-refractivity contribution in [3.8, 4) is 0 Å². The Balaban J connectivity index is 2.28. The number of hydrogen-bond acceptors (Lipinski definition) is 3. The number of hydrogen-bond donors (Lipinski definition) is 2. The lowest BCUT2D eigenvalue weighted by Gasteiger charge is -2.19. The fourth-order valence-corrected chi connectivity index (χ4v) is 1.66. The Kier molecular flexibility index (Phi) is 5.93. The molecular formula is C12H22N2O. The lowest BCUT2D eigenvalue weighted by molar-refractivity contribution is 0.128. The highest BCUT2D eigenvalue weighted by Crippen LogP contribution is 2.15. The summed E-state index contributed by atoms with van der Waals surface area (Å²) in [5.41, 5.74) is 5.38. The highest BCUT2D eigenvalue weighted by atomic mass is 16.5. The van der Waals surface area contributed by atoms with Gasteiger partial charge in [0, 0.05) is 13.1 Å². The molecule has 1 rings (SSSR count). The maximum atomic E-state index is 5.68. The summed E-state index contributed by atoms with van der Waals surface area (Å²) in [5.74, 6) is 0.635. The smallest absolute Gasteiger partial charge is 0.179 e. The normalized spacial score (nSPS) is 23.7. The van der Waals surface area contributed by atoms with Crippen LogP contribution in [0.4, 0.5) is 0 Å². The average molecular weight is 210 g/mol. The zero-order valence-electron chi connectivity index (χ0n) is 9.37. The zero-order valence-corrected chi connectivity index (χ0v) is 9.37. The van der Waals surface area contributed by atoms with E-state index in [4.69, 9.17) is 10.5 Å². The third-order valence-electron chi connectivity index (χ3n) is 2.47. The fraction of sp³-hybridized carbons (Fsp3) is 0.667. The van der Waals surface area contributed by atoms with Gasteiger partial charge < -0.3 is 15.8 Å². The molecule has 0 heterocycles. The molecule has 0 saturated carbocycles. The first kappa shape index (κ1) is 12.1. The predicted octanol–water partition coefficient (Wildman–Crippen LogP) is 1.91. The van der Waals surface area contributed by atoms with Crippen LogP contribution in [0.15, 0.2) is 24.6 Å². The van der Waals surface area contributed by atoms with E-state index in [2.05, 4.69) is 24.0 Å². The Morgan fingerprint density at radius 3 is 3.13 bits per heavy atom. The van der Waals surface area contributed by atoms with E-state index in [0.29, 0.717) is 12.4 Å². The summed E-state index contributed by atoms with van der Waals surface area (Å²) in [7, 11) is 0. The minimum absolute atomic E-state index is 0.183. The van der Waals surface area contributed by atoms with Crippen molar-refractivity contribution in [1.82, 2.24) is 5.32 Å². The van der Waals surface area contributed by atoms with Crippen molar-refractivity contribution in [2.45, 2.75) is 38.2 Å². The van der Waals surface area contributed by atoms with Gasteiger partial charge in [0.25, 0.3) is 0 Å². The molecule has 0 radical (unpaired) electrons. The first-order valence-corrected chi connectivity index (χ1v) is 5.79. The second-order valence-corrected chi connectivity index (χ2v) is 3.86. The number of ether oxygens (including phenoxy) is 1. The van der Waals surface area contributed by atoms with Crippen molar-refractivity contribution in [3.63, 3.8) is 0 Å². The van der Waals surface area contributed by atoms with Crippen LogP contribution in [0.3, 0.4) is 0 Å². The number of allylic oxidation sites excluding steroid dienone is 1. The van der Waals surface area contributed by atoms with E-state index in [1.54, 1.807) is 0 Å². The maximum Gasteiger partial charge on any atom is 0.179 e. The second-order valence-electron chi connectivity index (χ2n) is 3.86. The third-order valence-corrected chi connectivity index (χ3v) is 2.47. The van der Waals surface area contributed by atoms with Gasteiger partial charge in [0.1, 0.15) is 6.10 Å². The standard InChI is InChI=1S/C12H22N2O/c1-11(14-10-9-13)15-12-7-5-3-2-4-6-8-12/h5,7,12,14H,1-4,6,8-10,13H2/b7-5+/t12-/m1/s1. The summed E-state index contributed by atoms with van der Waals surface area (Å²) in [5, 5.41) is 3.04. The quantitative estimate of drug-likeness (QED) is 0.538. The first-order valence-electron chi connectivity index (χ1n) is 5.79. The monoisotopic (exact) mass is 210 g/mol. The van der Waals surface area contributed by atoms with Crippen LogP contribution in [0, 0.1) is 0 Å². The third kappa shape index (κ3) is 5.47. The minimum atomic E-state index is 0.183. The van der Waals surface area contributed by atoms with E-state index in [-0.39, 0.29) is 6.10 Å². The molecule has 0 aliphatic heterocycles. The van der Waals surface area contributed by atoms with E-state index in [0.717, 1.165) is 13.0 Å². The Labute approximate surface area is 92.4 Å². The molecular weight excluding hydrogens is 188 g/mol. The largest absolute Gasteiger partial charge is 0.472 e. The molecule has 15 heavy (non-hydrogen) atoms. The number of rotatable bonds is 5. The van der Waals surface area contributed by atoms with Crippen LogP contribution in [0.5, 0.6) is 0 Å². The molecule has 0 unspecified atom stereocenters. The molecule has 0 aromatic heterocycles. The Bertz CT molecular complexity index is 214. The average Bonchev–Trinajstić information content (AvgIpc) is 2.19. The lowest BCUT2D eigenvalue weighted by Crippen LogP contribution is -2.25. The van der Waals surface area contributed by atoms with E-state index in [1.165, 1.54) is 25.7 Å². The Morgan fingerprint density at radius 1 is 1.47 bits per heavy atom. The zero-order chi connectivity index (χ0) is 10.9. The molecule has 0 aromatic carbocycles. The van der Waals surface area contributed by atoms with Gasteiger partial charge in [0.2, 0.25) is 0 Å². The van der Waals surface area contributed by atoms with Crippen molar-refractivity contribution in [1.29, 1.82) is 0 Å². The molecule has 1 aliphatic rings. The van der Waals surface area contributed by atoms with Crippen LogP contribution >= 0.6 is 0 Å². The van der Waals surface area contributed by atoms with E-state index >= 15 is 0 Å². The summed E-state index contributed by atoms with van der Waals surface area (Å²) in [6.45, 7) is 5.14. The van der Waals surface area contributed by atoms with Gasteiger partial charge in [0.05, 0.1) is 0 Å². The van der Waals surface area contributed by atoms with Gasteiger partial charge in [-0.25, -0.2) is 0 Å². The van der Waals surface area contributed by atoms with Gasteiger partial charge in [0.15, 0.2) is 5.88 Å². The molecule has 0 saturated heterocycles. The van der Waals surface area contributed by atoms with Crippen molar-refractivity contribution in [2.75, 3.05) is 13.1 Å². The van der Waals surface area contributed by atoms with Crippen LogP contribution < -0.4 is 11.1 Å². The van der Waals surface area contributed by atoms with Gasteiger partial charge in [-0.1, -0.05) is 12.5 Å². The molecule has 0 spiro atoms. The van der Waals surface area contributed by atoms with Crippen molar-refractivity contribution in [3.05, 3.63) is 24.6 Å². The van der Waals surface area contributed by atoms with Gasteiger partial charge in [-0.15, -0.1) is 0 Å². The van der Waals surface area contributed by atoms with Crippen molar-refractivity contribution < 1.29 is 4.74 Å². The SMILES string of the molecule is C=C(NCCN)O[C@@H]1/C=C/CCCCC1. The van der Waals surface area contributed by atoms with Crippen molar-refractivity contribution >= 4 is 0 Å². The van der Waals surface area contributed by atoms with Gasteiger partial charge in [-0.3, -0.25) is 0 Å². The molecule has 3 N–H and O–H groups in total. The topological polar surface area (TPSA) is 47.3 Å². The van der Waals surface area contributed by atoms with Crippen LogP contribution in [-0.2, 0) is 4.74 Å². The van der Waals surface area contributed by atoms with E-state index < -0.39 is 0 Å². The van der Waals surface area contributed by atoms with Crippen molar-refractivity contribution in [2.24, 2.45) is 5.73 Å². The predicted molar refractivity (Wildman–Crippen MR) is 63.3 cm³/mol. The van der Waals surface area contributed by atoms with Crippen LogP contribution in [-0.4, -0.2) is 19.2 Å². The molecule has 86 valence electrons. The summed E-state index contributed by atoms with van der Waals surface area (Å²) in [4.78, 5) is 0. The van der Waals surface area contributed by atoms with Gasteiger partial charge in [-0.2, -0.15) is 0 Å². The van der Waals surface area contributed by atoms with Gasteiger partial charge in [-0.05, 0) is 38.3 Å². The van der Waals surface area contributed by atoms with E-state index in [1.807, 2.05) is 0 Å². The fourth-order valence-electron chi connectivity index (χ4n) is 1.66. The summed E-state index contributed by atoms with van der Waals surface area (Å²) >= 11 is 0. The highest BCUT2D eigenvalue weighted by molar-refractivity contribution is 4.94. The second kappa shape index (κ2) is 7.35. The highest BCUT2D eigenvalue weighted by Gasteiger charge is 2.08. The Hall–Kier alpha value is -0.960. The summed E-state index contributed by atoms with van der Waals surface area (Å²) < 4.78 is 5.68. The minimum Gasteiger partial charge on any atom is -0.472 e. The van der Waals surface area contributed by atoms with Crippen LogP contribution in [0.2, 0.25) is 0 Å². The number of nitrogens with two attached hydrogens (primary N) is 1. The molecule has 1 aliphatic carbocycles. The Morgan fingerprint density at radius 2 is 2.33 bits per heavy atom. The molecule has 0 aromatic rings. The van der Waals surface area contributed by atoms with Gasteiger partial charge >= 0.3 is 0 Å². The molecule has 0 fully saturated rings. The molecule has 3 nitrogen and oxygen atoms in total. The van der Waals surface area contributed by atoms with E-state index in [9.17, 15) is 0 Å². The first-order chi connectivity index (χ1) is 7.33. The summed E-state index contributed by atoms with van der Waals surface area (Å²) in [6.07, 6.45) is 10.6.